The Morgan fingerprint density at radius 3 is 2.61 bits per heavy atom. The number of aryl methyl sites for hydroxylation is 2. The number of nitrogens with one attached hydrogen (secondary N) is 1. The van der Waals surface area contributed by atoms with E-state index in [-0.39, 0.29) is 18.0 Å². The van der Waals surface area contributed by atoms with Gasteiger partial charge in [0.05, 0.1) is 42.0 Å². The van der Waals surface area contributed by atoms with Gasteiger partial charge in [-0.3, -0.25) is 4.79 Å². The van der Waals surface area contributed by atoms with Crippen LogP contribution in [0.2, 0.25) is 0 Å². The topological polar surface area (TPSA) is 157 Å². The number of carbonyl (C=O) groups is 2. The first kappa shape index (κ1) is 33.0. The Balaban J connectivity index is 0.000000540. The van der Waals surface area contributed by atoms with Gasteiger partial charge in [0.25, 0.3) is 0 Å². The lowest BCUT2D eigenvalue weighted by Crippen LogP contribution is -2.55. The number of benzene rings is 2. The maximum absolute atomic E-state index is 12.5. The molecule has 252 valence electrons. The van der Waals surface area contributed by atoms with Crippen molar-refractivity contribution in [3.63, 3.8) is 0 Å². The molecular formula is C33H29F3N8O5. The normalized spacial score (nSPS) is 17.2. The fourth-order valence-corrected chi connectivity index (χ4v) is 5.63. The van der Waals surface area contributed by atoms with E-state index in [0.717, 1.165) is 44.8 Å². The number of halogens is 3. The van der Waals surface area contributed by atoms with E-state index < -0.39 is 12.1 Å². The van der Waals surface area contributed by atoms with Crippen LogP contribution < -0.4 is 10.1 Å². The number of alkyl halides is 3. The van der Waals surface area contributed by atoms with E-state index in [0.29, 0.717) is 36.7 Å². The van der Waals surface area contributed by atoms with Gasteiger partial charge in [-0.05, 0) is 73.0 Å². The number of fused-ring (bicyclic) bond motifs is 4. The third-order valence-electron chi connectivity index (χ3n) is 7.93. The minimum Gasteiger partial charge on any atom is -0.475 e. The number of aromatic nitrogens is 6. The standard InChI is InChI=1S/C31H28N8O3.C2HF3O2/c1-4-29(40)39-21-12-19(13-22(39)16-41-15-21)24-7-8-25-30(35-24)31(33-17-32-25)34-20-5-10-28(18(2)11-20)42-23-6-9-27-26(14-23)36-37-38(27)3;3-2(4,5)1(6)7/h4-12,14,17,21-22H,1,13,15-16H2,2-3H3,(H,32,33,34);(H,6,7). The number of rotatable bonds is 6. The lowest BCUT2D eigenvalue weighted by Gasteiger charge is -2.44. The molecule has 7 rings (SSSR count). The lowest BCUT2D eigenvalue weighted by molar-refractivity contribution is -0.192. The zero-order chi connectivity index (χ0) is 34.9. The Bertz CT molecular complexity index is 2120. The molecule has 1 saturated heterocycles. The molecule has 0 aliphatic carbocycles. The first-order chi connectivity index (χ1) is 23.4. The van der Waals surface area contributed by atoms with Gasteiger partial charge < -0.3 is 24.8 Å². The van der Waals surface area contributed by atoms with Gasteiger partial charge in [0.2, 0.25) is 5.91 Å². The van der Waals surface area contributed by atoms with Crippen molar-refractivity contribution in [3.05, 3.63) is 84.8 Å². The Morgan fingerprint density at radius 1 is 1.10 bits per heavy atom. The van der Waals surface area contributed by atoms with Crippen molar-refractivity contribution in [2.24, 2.45) is 7.05 Å². The number of carboxylic acids is 1. The summed E-state index contributed by atoms with van der Waals surface area (Å²) in [6.45, 7) is 6.60. The van der Waals surface area contributed by atoms with Gasteiger partial charge in [0.1, 0.15) is 28.9 Å². The molecule has 2 bridgehead atoms. The highest BCUT2D eigenvalue weighted by Gasteiger charge is 2.38. The number of amides is 1. The molecule has 5 aromatic rings. The fraction of sp³-hybridized carbons (Fsp3) is 0.242. The van der Waals surface area contributed by atoms with Crippen molar-refractivity contribution in [2.45, 2.75) is 31.6 Å². The van der Waals surface area contributed by atoms with Gasteiger partial charge in [0, 0.05) is 18.8 Å². The number of hydrogen-bond acceptors (Lipinski definition) is 10. The van der Waals surface area contributed by atoms with Crippen molar-refractivity contribution >= 4 is 51.0 Å². The van der Waals surface area contributed by atoms with E-state index in [1.165, 1.54) is 12.4 Å². The van der Waals surface area contributed by atoms with E-state index in [4.69, 9.17) is 24.4 Å². The second kappa shape index (κ2) is 13.3. The quantitative estimate of drug-likeness (QED) is 0.224. The number of anilines is 2. The smallest absolute Gasteiger partial charge is 0.475 e. The predicted molar refractivity (Wildman–Crippen MR) is 172 cm³/mol. The molecule has 5 heterocycles. The average Bonchev–Trinajstić information content (AvgIpc) is 3.44. The predicted octanol–water partition coefficient (Wildman–Crippen LogP) is 5.35. The largest absolute Gasteiger partial charge is 0.490 e. The van der Waals surface area contributed by atoms with Crippen molar-refractivity contribution < 1.29 is 37.3 Å². The first-order valence-corrected chi connectivity index (χ1v) is 14.9. The molecule has 16 heteroatoms. The zero-order valence-electron chi connectivity index (χ0n) is 26.2. The summed E-state index contributed by atoms with van der Waals surface area (Å²) >= 11 is 0. The van der Waals surface area contributed by atoms with Gasteiger partial charge >= 0.3 is 12.1 Å². The van der Waals surface area contributed by atoms with Crippen LogP contribution in [-0.2, 0) is 21.4 Å². The van der Waals surface area contributed by atoms with Crippen LogP contribution in [0.1, 0.15) is 17.7 Å². The van der Waals surface area contributed by atoms with Gasteiger partial charge in [-0.1, -0.05) is 17.9 Å². The molecule has 2 aliphatic heterocycles. The molecule has 3 aromatic heterocycles. The van der Waals surface area contributed by atoms with Crippen LogP contribution in [0.15, 0.2) is 73.6 Å². The highest BCUT2D eigenvalue weighted by Crippen LogP contribution is 2.34. The molecular weight excluding hydrogens is 645 g/mol. The molecule has 0 radical (unpaired) electrons. The summed E-state index contributed by atoms with van der Waals surface area (Å²) < 4.78 is 45.4. The molecule has 2 unspecified atom stereocenters. The summed E-state index contributed by atoms with van der Waals surface area (Å²) in [5, 5.41) is 18.8. The number of pyridine rings is 1. The summed E-state index contributed by atoms with van der Waals surface area (Å²) in [6, 6.07) is 15.3. The summed E-state index contributed by atoms with van der Waals surface area (Å²) in [5.74, 6) is -0.804. The first-order valence-electron chi connectivity index (χ1n) is 14.9. The summed E-state index contributed by atoms with van der Waals surface area (Å²) in [5.41, 5.74) is 6.82. The van der Waals surface area contributed by atoms with Crippen LogP contribution in [0.4, 0.5) is 24.7 Å². The Morgan fingerprint density at radius 2 is 1.90 bits per heavy atom. The molecule has 1 fully saturated rings. The molecule has 2 aliphatic rings. The molecule has 2 aromatic carbocycles. The van der Waals surface area contributed by atoms with E-state index in [1.807, 2.05) is 67.4 Å². The Kier molecular flexibility index (Phi) is 8.97. The molecule has 0 spiro atoms. The third-order valence-corrected chi connectivity index (χ3v) is 7.93. The summed E-state index contributed by atoms with van der Waals surface area (Å²) in [4.78, 5) is 37.1. The van der Waals surface area contributed by atoms with Gasteiger partial charge in [0.15, 0.2) is 5.82 Å². The molecule has 2 N–H and O–H groups in total. The van der Waals surface area contributed by atoms with E-state index in [2.05, 4.69) is 38.3 Å². The van der Waals surface area contributed by atoms with Crippen molar-refractivity contribution in [1.82, 2.24) is 34.8 Å². The van der Waals surface area contributed by atoms with Crippen molar-refractivity contribution in [3.8, 4) is 11.5 Å². The molecule has 0 saturated carbocycles. The second-order valence-corrected chi connectivity index (χ2v) is 11.3. The van der Waals surface area contributed by atoms with Gasteiger partial charge in [-0.15, -0.1) is 5.10 Å². The minimum atomic E-state index is -5.08. The SMILES string of the molecule is C=CC(=O)N1C2C=C(c3ccc4ncnc(Nc5ccc(Oc6ccc7c(c6)nnn7C)c(C)c5)c4n3)CC1COC2.O=C(O)C(F)(F)F. The Hall–Kier alpha value is -5.90. The number of ether oxygens (including phenoxy) is 2. The number of morpholine rings is 1. The van der Waals surface area contributed by atoms with Crippen LogP contribution in [0.5, 0.6) is 11.5 Å². The summed E-state index contributed by atoms with van der Waals surface area (Å²) in [7, 11) is 1.86. The Labute approximate surface area is 276 Å². The highest BCUT2D eigenvalue weighted by atomic mass is 19.4. The number of nitrogens with zero attached hydrogens (tertiary/aromatic N) is 7. The lowest BCUT2D eigenvalue weighted by atomic mass is 9.91. The molecule has 49 heavy (non-hydrogen) atoms. The molecule has 13 nitrogen and oxygen atoms in total. The summed E-state index contributed by atoms with van der Waals surface area (Å²) in [6.07, 6.45) is 0.536. The van der Waals surface area contributed by atoms with Crippen molar-refractivity contribution in [1.29, 1.82) is 0 Å². The van der Waals surface area contributed by atoms with Gasteiger partial charge in [-0.2, -0.15) is 13.2 Å². The second-order valence-electron chi connectivity index (χ2n) is 11.3. The maximum Gasteiger partial charge on any atom is 0.490 e. The average molecular weight is 675 g/mol. The number of aliphatic carboxylic acids is 1. The number of hydrogen-bond donors (Lipinski definition) is 2. The fourth-order valence-electron chi connectivity index (χ4n) is 5.63. The highest BCUT2D eigenvalue weighted by molar-refractivity contribution is 5.90. The number of carboxylic acid groups (broad SMARTS) is 1. The molecule has 1 amide bonds. The van der Waals surface area contributed by atoms with Crippen LogP contribution >= 0.6 is 0 Å². The van der Waals surface area contributed by atoms with Crippen LogP contribution in [0.3, 0.4) is 0 Å². The van der Waals surface area contributed by atoms with Crippen LogP contribution in [0, 0.1) is 6.92 Å². The maximum atomic E-state index is 12.5. The number of carbonyl (C=O) groups excluding carboxylic acids is 1. The van der Waals surface area contributed by atoms with E-state index in [9.17, 15) is 18.0 Å². The monoisotopic (exact) mass is 674 g/mol. The zero-order valence-corrected chi connectivity index (χ0v) is 26.2. The third kappa shape index (κ3) is 7.03. The molecule has 2 atom stereocenters. The van der Waals surface area contributed by atoms with E-state index >= 15 is 0 Å². The van der Waals surface area contributed by atoms with Crippen LogP contribution in [0.25, 0.3) is 27.6 Å². The van der Waals surface area contributed by atoms with Crippen molar-refractivity contribution in [2.75, 3.05) is 18.5 Å². The van der Waals surface area contributed by atoms with E-state index in [1.54, 1.807) is 4.68 Å². The van der Waals surface area contributed by atoms with Gasteiger partial charge in [-0.25, -0.2) is 24.4 Å². The minimum absolute atomic E-state index is 0.0531. The van der Waals surface area contributed by atoms with Crippen LogP contribution in [-0.4, -0.2) is 83.3 Å².